The largest absolute Gasteiger partial charge is 0.492 e. The lowest BCUT2D eigenvalue weighted by molar-refractivity contribution is 0.313. The van der Waals surface area contributed by atoms with Crippen LogP contribution in [0.2, 0.25) is 0 Å². The highest BCUT2D eigenvalue weighted by molar-refractivity contribution is 5.52. The molecule has 1 aliphatic rings. The molecule has 2 rings (SSSR count). The molecule has 0 atom stereocenters. The average Bonchev–Trinajstić information content (AvgIpc) is 2.91. The van der Waals surface area contributed by atoms with E-state index in [1.165, 1.54) is 20.3 Å². The van der Waals surface area contributed by atoms with Gasteiger partial charge in [-0.1, -0.05) is 12.8 Å². The van der Waals surface area contributed by atoms with Crippen LogP contribution < -0.4 is 15.2 Å². The fourth-order valence-electron chi connectivity index (χ4n) is 3.00. The molecule has 5 heteroatoms. The summed E-state index contributed by atoms with van der Waals surface area (Å²) in [6.07, 6.45) is 3.77. The summed E-state index contributed by atoms with van der Waals surface area (Å²) in [5, 5.41) is 0. The monoisotopic (exact) mass is 271 g/mol. The summed E-state index contributed by atoms with van der Waals surface area (Å²) in [6, 6.07) is 1.20. The fourth-order valence-corrected chi connectivity index (χ4v) is 3.00. The Balaban J connectivity index is 2.65. The van der Waals surface area contributed by atoms with Crippen molar-refractivity contribution >= 4 is 0 Å². The Labute approximate surface area is 111 Å². The van der Waals surface area contributed by atoms with E-state index in [-0.39, 0.29) is 16.9 Å². The zero-order chi connectivity index (χ0) is 14.0. The second-order valence-electron chi connectivity index (χ2n) is 4.98. The molecule has 0 bridgehead atoms. The lowest BCUT2D eigenvalue weighted by Gasteiger charge is -2.30. The predicted molar refractivity (Wildman–Crippen MR) is 68.7 cm³/mol. The lowest BCUT2D eigenvalue weighted by atomic mass is 9.78. The van der Waals surface area contributed by atoms with Crippen LogP contribution in [0.1, 0.15) is 31.2 Å². The molecule has 3 nitrogen and oxygen atoms in total. The highest BCUT2D eigenvalue weighted by atomic mass is 19.2. The van der Waals surface area contributed by atoms with E-state index in [9.17, 15) is 8.78 Å². The van der Waals surface area contributed by atoms with Crippen LogP contribution in [0.25, 0.3) is 0 Å². The molecule has 0 heterocycles. The molecule has 0 amide bonds. The van der Waals surface area contributed by atoms with Gasteiger partial charge in [-0.15, -0.1) is 0 Å². The summed E-state index contributed by atoms with van der Waals surface area (Å²) in [5.41, 5.74) is 6.17. The van der Waals surface area contributed by atoms with Crippen molar-refractivity contribution in [2.24, 2.45) is 5.73 Å². The fraction of sp³-hybridized carbons (Fsp3) is 0.571. The number of rotatable bonds is 4. The van der Waals surface area contributed by atoms with E-state index in [4.69, 9.17) is 15.2 Å². The van der Waals surface area contributed by atoms with Crippen LogP contribution in [0.3, 0.4) is 0 Å². The summed E-state index contributed by atoms with van der Waals surface area (Å²) in [7, 11) is 2.73. The number of nitrogens with two attached hydrogens (primary N) is 1. The van der Waals surface area contributed by atoms with Crippen molar-refractivity contribution in [1.82, 2.24) is 0 Å². The standard InChI is InChI=1S/C14H19F2NO2/c1-18-12-9(14(8-17)5-3-4-6-14)7-10(15)11(16)13(12)19-2/h7H,3-6,8,17H2,1-2H3. The van der Waals surface area contributed by atoms with Gasteiger partial charge in [-0.05, 0) is 18.9 Å². The molecule has 106 valence electrons. The van der Waals surface area contributed by atoms with Crippen molar-refractivity contribution in [2.45, 2.75) is 31.1 Å². The van der Waals surface area contributed by atoms with Gasteiger partial charge in [0.05, 0.1) is 14.2 Å². The number of methoxy groups -OCH3 is 2. The zero-order valence-corrected chi connectivity index (χ0v) is 11.3. The van der Waals surface area contributed by atoms with E-state index in [0.29, 0.717) is 12.1 Å². The molecule has 2 N–H and O–H groups in total. The highest BCUT2D eigenvalue weighted by Gasteiger charge is 2.39. The molecule has 0 radical (unpaired) electrons. The summed E-state index contributed by atoms with van der Waals surface area (Å²) in [6.45, 7) is 0.386. The number of ether oxygens (including phenoxy) is 2. The predicted octanol–water partition coefficient (Wildman–Crippen LogP) is 2.75. The third-order valence-electron chi connectivity index (χ3n) is 4.06. The van der Waals surface area contributed by atoms with Crippen molar-refractivity contribution in [3.05, 3.63) is 23.3 Å². The van der Waals surface area contributed by atoms with Gasteiger partial charge in [0.1, 0.15) is 0 Å². The van der Waals surface area contributed by atoms with E-state index < -0.39 is 11.6 Å². The quantitative estimate of drug-likeness (QED) is 0.915. The molecule has 1 aromatic carbocycles. The van der Waals surface area contributed by atoms with Crippen LogP contribution >= 0.6 is 0 Å². The second kappa shape index (κ2) is 5.33. The molecule has 0 unspecified atom stereocenters. The van der Waals surface area contributed by atoms with Crippen molar-refractivity contribution in [2.75, 3.05) is 20.8 Å². The van der Waals surface area contributed by atoms with Gasteiger partial charge >= 0.3 is 0 Å². The summed E-state index contributed by atoms with van der Waals surface area (Å²) in [4.78, 5) is 0. The van der Waals surface area contributed by atoms with Crippen molar-refractivity contribution in [3.8, 4) is 11.5 Å². The van der Waals surface area contributed by atoms with E-state index in [0.717, 1.165) is 25.7 Å². The Hall–Kier alpha value is -1.36. The minimum absolute atomic E-state index is 0.183. The molecule has 0 aliphatic heterocycles. The molecule has 19 heavy (non-hydrogen) atoms. The minimum atomic E-state index is -1.02. The van der Waals surface area contributed by atoms with E-state index in [1.807, 2.05) is 0 Å². The van der Waals surface area contributed by atoms with Crippen molar-refractivity contribution in [1.29, 1.82) is 0 Å². The molecule has 1 aromatic rings. The number of benzene rings is 1. The van der Waals surface area contributed by atoms with Gasteiger partial charge in [-0.3, -0.25) is 0 Å². The molecular weight excluding hydrogens is 252 g/mol. The Morgan fingerprint density at radius 1 is 1.16 bits per heavy atom. The number of halogens is 2. The highest BCUT2D eigenvalue weighted by Crippen LogP contribution is 2.48. The first-order valence-corrected chi connectivity index (χ1v) is 6.40. The van der Waals surface area contributed by atoms with E-state index >= 15 is 0 Å². The topological polar surface area (TPSA) is 44.5 Å². The Bertz CT molecular complexity index is 471. The number of hydrogen-bond donors (Lipinski definition) is 1. The Kier molecular flexibility index (Phi) is 3.94. The first kappa shape index (κ1) is 14.1. The molecule has 0 saturated heterocycles. The van der Waals surface area contributed by atoms with E-state index in [2.05, 4.69) is 0 Å². The van der Waals surface area contributed by atoms with Gasteiger partial charge < -0.3 is 15.2 Å². The molecule has 0 spiro atoms. The van der Waals surface area contributed by atoms with Gasteiger partial charge in [0, 0.05) is 17.5 Å². The third kappa shape index (κ3) is 2.16. The summed E-state index contributed by atoms with van der Waals surface area (Å²) in [5.74, 6) is -1.87. The average molecular weight is 271 g/mol. The molecule has 1 fully saturated rings. The first-order chi connectivity index (χ1) is 9.09. The van der Waals surface area contributed by atoms with Crippen LogP contribution in [0.15, 0.2) is 6.07 Å². The van der Waals surface area contributed by atoms with Crippen LogP contribution in [0, 0.1) is 11.6 Å². The van der Waals surface area contributed by atoms with Crippen molar-refractivity contribution < 1.29 is 18.3 Å². The Morgan fingerprint density at radius 3 is 2.21 bits per heavy atom. The lowest BCUT2D eigenvalue weighted by Crippen LogP contribution is -2.32. The molecular formula is C14H19F2NO2. The third-order valence-corrected chi connectivity index (χ3v) is 4.06. The normalized spacial score (nSPS) is 17.5. The zero-order valence-electron chi connectivity index (χ0n) is 11.3. The van der Waals surface area contributed by atoms with Gasteiger partial charge in [0.25, 0.3) is 0 Å². The Morgan fingerprint density at radius 2 is 1.74 bits per heavy atom. The summed E-state index contributed by atoms with van der Waals surface area (Å²) < 4.78 is 37.7. The van der Waals surface area contributed by atoms with Gasteiger partial charge in [-0.25, -0.2) is 4.39 Å². The molecule has 1 saturated carbocycles. The van der Waals surface area contributed by atoms with E-state index in [1.54, 1.807) is 0 Å². The second-order valence-corrected chi connectivity index (χ2v) is 4.98. The number of hydrogen-bond acceptors (Lipinski definition) is 3. The van der Waals surface area contributed by atoms with Gasteiger partial charge in [-0.2, -0.15) is 4.39 Å². The maximum absolute atomic E-state index is 13.8. The molecule has 0 aromatic heterocycles. The maximum Gasteiger partial charge on any atom is 0.204 e. The van der Waals surface area contributed by atoms with Crippen LogP contribution in [-0.4, -0.2) is 20.8 Å². The van der Waals surface area contributed by atoms with Crippen LogP contribution in [-0.2, 0) is 5.41 Å². The van der Waals surface area contributed by atoms with Crippen LogP contribution in [0.5, 0.6) is 11.5 Å². The smallest absolute Gasteiger partial charge is 0.204 e. The molecule has 1 aliphatic carbocycles. The van der Waals surface area contributed by atoms with Crippen LogP contribution in [0.4, 0.5) is 8.78 Å². The SMILES string of the molecule is COc1c(C2(CN)CCCC2)cc(F)c(F)c1OC. The van der Waals surface area contributed by atoms with Gasteiger partial charge in [0.2, 0.25) is 5.82 Å². The first-order valence-electron chi connectivity index (χ1n) is 6.40. The maximum atomic E-state index is 13.8. The summed E-state index contributed by atoms with van der Waals surface area (Å²) >= 11 is 0. The van der Waals surface area contributed by atoms with Gasteiger partial charge in [0.15, 0.2) is 17.3 Å². The minimum Gasteiger partial charge on any atom is -0.492 e. The van der Waals surface area contributed by atoms with Crippen molar-refractivity contribution in [3.63, 3.8) is 0 Å².